The van der Waals surface area contributed by atoms with Crippen LogP contribution >= 0.6 is 0 Å². The topological polar surface area (TPSA) is 136 Å². The molecule has 11 nitrogen and oxygen atoms in total. The number of aryl methyl sites for hydroxylation is 2. The number of aromatic nitrogens is 2. The van der Waals surface area contributed by atoms with Gasteiger partial charge in [0.15, 0.2) is 0 Å². The zero-order chi connectivity index (χ0) is 25.2. The number of rotatable bonds is 5. The van der Waals surface area contributed by atoms with E-state index in [2.05, 4.69) is 9.97 Å². The summed E-state index contributed by atoms with van der Waals surface area (Å²) in [6, 6.07) is 5.09. The lowest BCUT2D eigenvalue weighted by molar-refractivity contribution is -0.384. The normalized spacial score (nSPS) is 15.9. The molecular weight excluding hydrogens is 442 g/mol. The van der Waals surface area contributed by atoms with Crippen LogP contribution in [0.3, 0.4) is 0 Å². The van der Waals surface area contributed by atoms with Crippen LogP contribution in [0.15, 0.2) is 24.3 Å². The van der Waals surface area contributed by atoms with Crippen LogP contribution in [0.2, 0.25) is 0 Å². The molecule has 1 fully saturated rings. The van der Waals surface area contributed by atoms with Crippen LogP contribution in [0, 0.1) is 24.0 Å². The van der Waals surface area contributed by atoms with Gasteiger partial charge in [-0.15, -0.1) is 0 Å². The molecule has 0 spiro atoms. The van der Waals surface area contributed by atoms with Crippen LogP contribution in [-0.4, -0.2) is 74.3 Å². The molecule has 1 aliphatic rings. The zero-order valence-corrected chi connectivity index (χ0v) is 19.8. The molecule has 0 bridgehead atoms. The molecule has 0 radical (unpaired) electrons. The van der Waals surface area contributed by atoms with Crippen LogP contribution in [0.25, 0.3) is 0 Å². The van der Waals surface area contributed by atoms with E-state index < -0.39 is 16.8 Å². The Bertz CT molecular complexity index is 1130. The third-order valence-electron chi connectivity index (χ3n) is 5.45. The number of esters is 1. The number of ether oxygens (including phenoxy) is 1. The lowest BCUT2D eigenvalue weighted by Gasteiger charge is -2.40. The van der Waals surface area contributed by atoms with Crippen molar-refractivity contribution in [1.29, 1.82) is 0 Å². The molecule has 3 rings (SSSR count). The van der Waals surface area contributed by atoms with Crippen LogP contribution in [-0.2, 0) is 4.74 Å². The first-order chi connectivity index (χ1) is 16.0. The summed E-state index contributed by atoms with van der Waals surface area (Å²) in [6.07, 6.45) is -0.370. The molecule has 1 aliphatic heterocycles. The molecule has 1 aromatic carbocycles. The van der Waals surface area contributed by atoms with Gasteiger partial charge in [0.05, 0.1) is 16.7 Å². The Balaban J connectivity index is 1.79. The van der Waals surface area contributed by atoms with Gasteiger partial charge in [0.25, 0.3) is 17.5 Å². The highest BCUT2D eigenvalue weighted by atomic mass is 16.6. The van der Waals surface area contributed by atoms with Gasteiger partial charge < -0.3 is 14.5 Å². The molecule has 11 heteroatoms. The Labute approximate surface area is 196 Å². The summed E-state index contributed by atoms with van der Waals surface area (Å²) in [7, 11) is 0. The van der Waals surface area contributed by atoms with Crippen molar-refractivity contribution in [2.75, 3.05) is 19.6 Å². The van der Waals surface area contributed by atoms with Gasteiger partial charge in [-0.2, -0.15) is 0 Å². The minimum absolute atomic E-state index is 0.0157. The molecule has 1 saturated heterocycles. The Morgan fingerprint density at radius 2 is 1.74 bits per heavy atom. The number of amides is 2. The van der Waals surface area contributed by atoms with Crippen LogP contribution in [0.4, 0.5) is 5.69 Å². The van der Waals surface area contributed by atoms with Gasteiger partial charge in [0.2, 0.25) is 0 Å². The molecule has 2 heterocycles. The molecule has 34 heavy (non-hydrogen) atoms. The minimum Gasteiger partial charge on any atom is -0.459 e. The molecule has 0 saturated carbocycles. The van der Waals surface area contributed by atoms with Crippen LogP contribution in [0.1, 0.15) is 63.5 Å². The number of nitro groups is 1. The molecule has 2 amide bonds. The first kappa shape index (κ1) is 24.7. The maximum atomic E-state index is 13.4. The standard InChI is InChI=1S/C23H27N5O6/c1-13(2)34-23(31)19-15(4)24-16(5)25-20(19)22(30)26-10-11-27(14(3)12-26)21(29)17-6-8-18(9-7-17)28(32)33/h6-9,13-14H,10-12H2,1-5H3. The predicted molar refractivity (Wildman–Crippen MR) is 122 cm³/mol. The van der Waals surface area contributed by atoms with E-state index in [1.165, 1.54) is 24.3 Å². The number of hydrogen-bond donors (Lipinski definition) is 0. The molecule has 180 valence electrons. The van der Waals surface area contributed by atoms with Crippen molar-refractivity contribution in [1.82, 2.24) is 19.8 Å². The molecule has 0 aliphatic carbocycles. The quantitative estimate of drug-likeness (QED) is 0.370. The average molecular weight is 469 g/mol. The van der Waals surface area contributed by atoms with Crippen molar-refractivity contribution >= 4 is 23.5 Å². The van der Waals surface area contributed by atoms with E-state index in [1.54, 1.807) is 37.5 Å². The minimum atomic E-state index is -0.657. The number of piperazine rings is 1. The lowest BCUT2D eigenvalue weighted by atomic mass is 10.1. The van der Waals surface area contributed by atoms with Crippen molar-refractivity contribution in [3.63, 3.8) is 0 Å². The summed E-state index contributed by atoms with van der Waals surface area (Å²) in [5, 5.41) is 10.8. The summed E-state index contributed by atoms with van der Waals surface area (Å²) in [6.45, 7) is 9.25. The second kappa shape index (κ2) is 9.94. The SMILES string of the molecule is Cc1nc(C)c(C(=O)OC(C)C)c(C(=O)N2CCN(C(=O)c3ccc([N+](=O)[O-])cc3)C(C)C2)n1. The number of nitrogens with zero attached hydrogens (tertiary/aromatic N) is 5. The zero-order valence-electron chi connectivity index (χ0n) is 19.8. The van der Waals surface area contributed by atoms with Crippen molar-refractivity contribution in [3.05, 3.63) is 62.7 Å². The van der Waals surface area contributed by atoms with Crippen LogP contribution < -0.4 is 0 Å². The van der Waals surface area contributed by atoms with Gasteiger partial charge in [0.1, 0.15) is 17.1 Å². The fraction of sp³-hybridized carbons (Fsp3) is 0.435. The van der Waals surface area contributed by atoms with E-state index >= 15 is 0 Å². The molecule has 1 atom stereocenters. The van der Waals surface area contributed by atoms with Gasteiger partial charge in [0, 0.05) is 43.4 Å². The first-order valence-electron chi connectivity index (χ1n) is 10.9. The summed E-state index contributed by atoms with van der Waals surface area (Å²) in [4.78, 5) is 60.9. The highest BCUT2D eigenvalue weighted by molar-refractivity contribution is 6.04. The Morgan fingerprint density at radius 3 is 2.29 bits per heavy atom. The number of carbonyl (C=O) groups is 3. The summed E-state index contributed by atoms with van der Waals surface area (Å²) in [5.41, 5.74) is 0.626. The van der Waals surface area contributed by atoms with E-state index in [4.69, 9.17) is 4.74 Å². The third-order valence-corrected chi connectivity index (χ3v) is 5.45. The van der Waals surface area contributed by atoms with Crippen molar-refractivity contribution in [2.45, 2.75) is 46.8 Å². The van der Waals surface area contributed by atoms with E-state index in [0.29, 0.717) is 17.1 Å². The Morgan fingerprint density at radius 1 is 1.09 bits per heavy atom. The van der Waals surface area contributed by atoms with Crippen molar-refractivity contribution < 1.29 is 24.0 Å². The van der Waals surface area contributed by atoms with E-state index in [9.17, 15) is 24.5 Å². The fourth-order valence-electron chi connectivity index (χ4n) is 3.87. The molecule has 0 N–H and O–H groups in total. The highest BCUT2D eigenvalue weighted by Crippen LogP contribution is 2.21. The molecule has 1 aromatic heterocycles. The maximum Gasteiger partial charge on any atom is 0.342 e. The van der Waals surface area contributed by atoms with Gasteiger partial charge in [-0.05, 0) is 46.8 Å². The summed E-state index contributed by atoms with van der Waals surface area (Å²) in [5.74, 6) is -0.999. The largest absolute Gasteiger partial charge is 0.459 e. The van der Waals surface area contributed by atoms with E-state index in [-0.39, 0.29) is 54.6 Å². The Hall–Kier alpha value is -3.89. The van der Waals surface area contributed by atoms with Crippen molar-refractivity contribution in [2.24, 2.45) is 0 Å². The Kier molecular flexibility index (Phi) is 7.23. The molecular formula is C23H27N5O6. The number of benzene rings is 1. The lowest BCUT2D eigenvalue weighted by Crippen LogP contribution is -2.55. The van der Waals surface area contributed by atoms with Gasteiger partial charge >= 0.3 is 5.97 Å². The second-order valence-corrected chi connectivity index (χ2v) is 8.44. The molecule has 1 unspecified atom stereocenters. The first-order valence-corrected chi connectivity index (χ1v) is 10.9. The summed E-state index contributed by atoms with van der Waals surface area (Å²) < 4.78 is 5.29. The molecule has 2 aromatic rings. The smallest absolute Gasteiger partial charge is 0.342 e. The predicted octanol–water partition coefficient (Wildman–Crippen LogP) is 2.55. The highest BCUT2D eigenvalue weighted by Gasteiger charge is 2.34. The summed E-state index contributed by atoms with van der Waals surface area (Å²) >= 11 is 0. The fourth-order valence-corrected chi connectivity index (χ4v) is 3.87. The van der Waals surface area contributed by atoms with Crippen LogP contribution in [0.5, 0.6) is 0 Å². The van der Waals surface area contributed by atoms with E-state index in [1.807, 2.05) is 6.92 Å². The van der Waals surface area contributed by atoms with Gasteiger partial charge in [-0.3, -0.25) is 19.7 Å². The monoisotopic (exact) mass is 469 g/mol. The number of nitro benzene ring substituents is 1. The van der Waals surface area contributed by atoms with Gasteiger partial charge in [-0.1, -0.05) is 0 Å². The third kappa shape index (κ3) is 5.19. The second-order valence-electron chi connectivity index (χ2n) is 8.44. The van der Waals surface area contributed by atoms with E-state index in [0.717, 1.165) is 0 Å². The number of carbonyl (C=O) groups excluding carboxylic acids is 3. The number of hydrogen-bond acceptors (Lipinski definition) is 8. The number of non-ortho nitro benzene ring substituents is 1. The average Bonchev–Trinajstić information content (AvgIpc) is 2.77. The maximum absolute atomic E-state index is 13.4. The van der Waals surface area contributed by atoms with Gasteiger partial charge in [-0.25, -0.2) is 14.8 Å². The van der Waals surface area contributed by atoms with Crippen molar-refractivity contribution in [3.8, 4) is 0 Å².